The van der Waals surface area contributed by atoms with Gasteiger partial charge < -0.3 is 14.9 Å². The van der Waals surface area contributed by atoms with E-state index in [4.69, 9.17) is 0 Å². The van der Waals surface area contributed by atoms with Gasteiger partial charge in [0.05, 0.1) is 5.41 Å². The zero-order valence-electron chi connectivity index (χ0n) is 11.8. The molecule has 5 nitrogen and oxygen atoms in total. The summed E-state index contributed by atoms with van der Waals surface area (Å²) in [6.07, 6.45) is 0.543. The highest BCUT2D eigenvalue weighted by Crippen LogP contribution is 2.32. The summed E-state index contributed by atoms with van der Waals surface area (Å²) in [4.78, 5) is 27.2. The first-order chi connectivity index (χ1) is 8.82. The van der Waals surface area contributed by atoms with Crippen LogP contribution in [-0.4, -0.2) is 63.6 Å². The van der Waals surface area contributed by atoms with Crippen molar-refractivity contribution in [1.29, 1.82) is 0 Å². The standard InChI is InChI=1S/C13H22N2O3S/c1-9-6-15(7-10(2)19-9)12(18)14-5-4-13(3,8-14)11(16)17/h9-10H,4-8H2,1-3H3,(H,16,17). The second-order valence-corrected chi connectivity index (χ2v) is 7.86. The minimum Gasteiger partial charge on any atom is -0.481 e. The molecule has 0 aromatic rings. The van der Waals surface area contributed by atoms with Gasteiger partial charge in [-0.25, -0.2) is 4.79 Å². The van der Waals surface area contributed by atoms with Crippen LogP contribution in [0, 0.1) is 5.41 Å². The van der Waals surface area contributed by atoms with E-state index in [0.29, 0.717) is 30.0 Å². The molecule has 2 rings (SSSR count). The molecule has 0 saturated carbocycles. The fourth-order valence-corrected chi connectivity index (χ4v) is 4.16. The Hall–Kier alpha value is -0.910. The number of hydrogen-bond donors (Lipinski definition) is 1. The minimum absolute atomic E-state index is 0.00368. The van der Waals surface area contributed by atoms with E-state index in [1.807, 2.05) is 16.7 Å². The zero-order valence-corrected chi connectivity index (χ0v) is 12.6. The van der Waals surface area contributed by atoms with Crippen molar-refractivity contribution in [1.82, 2.24) is 9.80 Å². The summed E-state index contributed by atoms with van der Waals surface area (Å²) in [6.45, 7) is 8.38. The number of carbonyl (C=O) groups is 2. The van der Waals surface area contributed by atoms with Crippen molar-refractivity contribution in [3.8, 4) is 0 Å². The third-order valence-corrected chi connectivity index (χ3v) is 5.18. The van der Waals surface area contributed by atoms with Gasteiger partial charge in [-0.15, -0.1) is 0 Å². The molecule has 3 atom stereocenters. The molecular formula is C13H22N2O3S. The predicted octanol–water partition coefficient (Wildman–Crippen LogP) is 1.73. The average Bonchev–Trinajstić information content (AvgIpc) is 2.71. The number of carboxylic acids is 1. The van der Waals surface area contributed by atoms with E-state index in [2.05, 4.69) is 13.8 Å². The number of thioether (sulfide) groups is 1. The number of likely N-dealkylation sites (tertiary alicyclic amines) is 1. The van der Waals surface area contributed by atoms with Crippen LogP contribution in [0.25, 0.3) is 0 Å². The highest BCUT2D eigenvalue weighted by Gasteiger charge is 2.43. The number of aliphatic carboxylic acids is 1. The fourth-order valence-electron chi connectivity index (χ4n) is 2.83. The van der Waals surface area contributed by atoms with Crippen LogP contribution < -0.4 is 0 Å². The van der Waals surface area contributed by atoms with Crippen molar-refractivity contribution in [3.63, 3.8) is 0 Å². The van der Waals surface area contributed by atoms with Gasteiger partial charge in [-0.1, -0.05) is 13.8 Å². The zero-order chi connectivity index (χ0) is 14.2. The topological polar surface area (TPSA) is 60.9 Å². The Bertz CT molecular complexity index is 380. The van der Waals surface area contributed by atoms with Crippen molar-refractivity contribution in [2.75, 3.05) is 26.2 Å². The molecule has 2 fully saturated rings. The third-order valence-electron chi connectivity index (χ3n) is 3.95. The van der Waals surface area contributed by atoms with Gasteiger partial charge in [0.1, 0.15) is 0 Å². The lowest BCUT2D eigenvalue weighted by molar-refractivity contribution is -0.147. The smallest absolute Gasteiger partial charge is 0.320 e. The normalized spacial score (nSPS) is 35.5. The summed E-state index contributed by atoms with van der Waals surface area (Å²) in [5, 5.41) is 10.1. The molecule has 2 amide bonds. The molecule has 19 heavy (non-hydrogen) atoms. The van der Waals surface area contributed by atoms with E-state index >= 15 is 0 Å². The first-order valence-corrected chi connectivity index (χ1v) is 7.69. The van der Waals surface area contributed by atoms with E-state index in [-0.39, 0.29) is 6.03 Å². The first kappa shape index (κ1) is 14.5. The number of carbonyl (C=O) groups excluding carboxylic acids is 1. The molecule has 6 heteroatoms. The van der Waals surface area contributed by atoms with Crippen LogP contribution in [0.15, 0.2) is 0 Å². The molecule has 2 heterocycles. The minimum atomic E-state index is -0.807. The van der Waals surface area contributed by atoms with Crippen LogP contribution in [0.3, 0.4) is 0 Å². The summed E-state index contributed by atoms with van der Waals surface area (Å²) in [5.74, 6) is -0.807. The molecule has 0 radical (unpaired) electrons. The Morgan fingerprint density at radius 1 is 1.21 bits per heavy atom. The van der Waals surface area contributed by atoms with Gasteiger partial charge in [0.25, 0.3) is 0 Å². The van der Waals surface area contributed by atoms with Crippen molar-refractivity contribution in [2.24, 2.45) is 5.41 Å². The van der Waals surface area contributed by atoms with E-state index in [1.165, 1.54) is 0 Å². The van der Waals surface area contributed by atoms with Crippen molar-refractivity contribution in [3.05, 3.63) is 0 Å². The van der Waals surface area contributed by atoms with Crippen molar-refractivity contribution < 1.29 is 14.7 Å². The molecule has 0 bridgehead atoms. The molecule has 0 aromatic heterocycles. The SMILES string of the molecule is CC1CN(C(=O)N2CCC(C)(C(=O)O)C2)CC(C)S1. The number of amides is 2. The summed E-state index contributed by atoms with van der Waals surface area (Å²) in [7, 11) is 0. The lowest BCUT2D eigenvalue weighted by Gasteiger charge is -2.37. The summed E-state index contributed by atoms with van der Waals surface area (Å²) >= 11 is 1.90. The number of carboxylic acid groups (broad SMARTS) is 1. The Balaban J connectivity index is 1.99. The van der Waals surface area contributed by atoms with E-state index in [0.717, 1.165) is 13.1 Å². The van der Waals surface area contributed by atoms with E-state index < -0.39 is 11.4 Å². The quantitative estimate of drug-likeness (QED) is 0.797. The summed E-state index contributed by atoms with van der Waals surface area (Å²) in [6, 6.07) is 0.00368. The van der Waals surface area contributed by atoms with Crippen LogP contribution in [0.1, 0.15) is 27.2 Å². The maximum absolute atomic E-state index is 12.5. The van der Waals surface area contributed by atoms with Gasteiger partial charge in [-0.2, -0.15) is 11.8 Å². The number of urea groups is 1. The largest absolute Gasteiger partial charge is 0.481 e. The lowest BCUT2D eigenvalue weighted by Crippen LogP contribution is -2.50. The van der Waals surface area contributed by atoms with E-state index in [1.54, 1.807) is 11.8 Å². The first-order valence-electron chi connectivity index (χ1n) is 6.74. The fraction of sp³-hybridized carbons (Fsp3) is 0.846. The Labute approximate surface area is 118 Å². The van der Waals surface area contributed by atoms with Crippen LogP contribution in [0.5, 0.6) is 0 Å². The Kier molecular flexibility index (Phi) is 3.99. The van der Waals surface area contributed by atoms with Gasteiger partial charge >= 0.3 is 12.0 Å². The maximum atomic E-state index is 12.5. The molecule has 2 aliphatic heterocycles. The number of hydrogen-bond acceptors (Lipinski definition) is 3. The molecule has 0 aliphatic carbocycles. The summed E-state index contributed by atoms with van der Waals surface area (Å²) in [5.41, 5.74) is -0.780. The van der Waals surface area contributed by atoms with Gasteiger partial charge in [0, 0.05) is 36.7 Å². The molecule has 2 aliphatic rings. The van der Waals surface area contributed by atoms with Gasteiger partial charge in [0.15, 0.2) is 0 Å². The highest BCUT2D eigenvalue weighted by molar-refractivity contribution is 8.00. The molecule has 3 unspecified atom stereocenters. The molecule has 2 saturated heterocycles. The van der Waals surface area contributed by atoms with E-state index in [9.17, 15) is 14.7 Å². The van der Waals surface area contributed by atoms with Crippen LogP contribution >= 0.6 is 11.8 Å². The second-order valence-electron chi connectivity index (χ2n) is 5.98. The van der Waals surface area contributed by atoms with Crippen molar-refractivity contribution in [2.45, 2.75) is 37.7 Å². The van der Waals surface area contributed by atoms with Crippen LogP contribution in [0.4, 0.5) is 4.79 Å². The second kappa shape index (κ2) is 5.23. The van der Waals surface area contributed by atoms with Gasteiger partial charge in [-0.3, -0.25) is 4.79 Å². The monoisotopic (exact) mass is 286 g/mol. The molecule has 108 valence electrons. The van der Waals surface area contributed by atoms with Crippen LogP contribution in [-0.2, 0) is 4.79 Å². The Morgan fingerprint density at radius 3 is 2.26 bits per heavy atom. The van der Waals surface area contributed by atoms with Crippen LogP contribution in [0.2, 0.25) is 0 Å². The summed E-state index contributed by atoms with van der Waals surface area (Å²) < 4.78 is 0. The van der Waals surface area contributed by atoms with Gasteiger partial charge in [-0.05, 0) is 13.3 Å². The molecule has 0 spiro atoms. The number of rotatable bonds is 1. The highest BCUT2D eigenvalue weighted by atomic mass is 32.2. The molecule has 0 aromatic carbocycles. The maximum Gasteiger partial charge on any atom is 0.320 e. The van der Waals surface area contributed by atoms with Gasteiger partial charge in [0.2, 0.25) is 0 Å². The predicted molar refractivity (Wildman–Crippen MR) is 75.4 cm³/mol. The van der Waals surface area contributed by atoms with Crippen molar-refractivity contribution >= 4 is 23.8 Å². The number of nitrogens with zero attached hydrogens (tertiary/aromatic N) is 2. The third kappa shape index (κ3) is 2.99. The average molecular weight is 286 g/mol. The molecular weight excluding hydrogens is 264 g/mol. The lowest BCUT2D eigenvalue weighted by atomic mass is 9.90. The molecule has 1 N–H and O–H groups in total. The Morgan fingerprint density at radius 2 is 1.79 bits per heavy atom.